The molecular formula is C58H78N14O18S. The molecule has 0 bridgehead atoms. The third kappa shape index (κ3) is 27.4. The number of allylic oxidation sites excluding steroid dienone is 1. The van der Waals surface area contributed by atoms with E-state index in [0.29, 0.717) is 69.4 Å². The van der Waals surface area contributed by atoms with Gasteiger partial charge in [0, 0.05) is 74.6 Å². The minimum atomic E-state index is -1.35. The molecule has 4 aromatic rings. The van der Waals surface area contributed by atoms with Gasteiger partial charge in [-0.3, -0.25) is 62.5 Å². The average molecular weight is 1290 g/mol. The second-order valence-electron chi connectivity index (χ2n) is 21.0. The second kappa shape index (κ2) is 38.8. The number of benzene rings is 2. The van der Waals surface area contributed by atoms with E-state index in [1.165, 1.54) is 9.36 Å². The van der Waals surface area contributed by atoms with Gasteiger partial charge < -0.3 is 66.3 Å². The van der Waals surface area contributed by atoms with Crippen molar-refractivity contribution in [1.29, 1.82) is 0 Å². The number of carboxylic acid groups (broad SMARTS) is 6. The third-order valence-corrected chi connectivity index (χ3v) is 15.1. The molecule has 0 spiro atoms. The summed E-state index contributed by atoms with van der Waals surface area (Å²) >= 11 is 1.59. The van der Waals surface area contributed by atoms with Gasteiger partial charge >= 0.3 is 48.0 Å². The van der Waals surface area contributed by atoms with E-state index in [1.807, 2.05) is 55.6 Å². The zero-order valence-corrected chi connectivity index (χ0v) is 51.1. The molecule has 5 rings (SSSR count). The largest absolute Gasteiger partial charge is 0.480 e. The molecule has 0 aliphatic carbocycles. The van der Waals surface area contributed by atoms with Crippen LogP contribution in [0.3, 0.4) is 0 Å². The Labute approximate surface area is 527 Å². The SMILES string of the molecule is Cc1ccccc1SC(CC1C=CN(CCCOC(=O)NCc2cn(CCC(=O)NCCCCC(C(=O)O)N(CC(=O)O)CC(=O)O)nn2)c2ccccc21)=NCCCOC(=O)NCc1cn(CCC(=O)NCCCCC(C(=O)O)N(CC(=O)O)CC(=O)O)nn1. The van der Waals surface area contributed by atoms with Crippen molar-refractivity contribution in [1.82, 2.24) is 61.1 Å². The number of alkyl carbamates (subject to hydrolysis) is 2. The van der Waals surface area contributed by atoms with E-state index < -0.39 is 86.3 Å². The lowest BCUT2D eigenvalue weighted by Gasteiger charge is -2.31. The molecule has 494 valence electrons. The van der Waals surface area contributed by atoms with Gasteiger partial charge in [0.05, 0.1) is 83.0 Å². The highest BCUT2D eigenvalue weighted by Gasteiger charge is 2.30. The lowest BCUT2D eigenvalue weighted by atomic mass is 9.91. The summed E-state index contributed by atoms with van der Waals surface area (Å²) in [4.78, 5) is 128. The van der Waals surface area contributed by atoms with Crippen LogP contribution in [0.15, 0.2) is 83.1 Å². The number of aliphatic carboxylic acids is 6. The Balaban J connectivity index is 0.977. The first-order valence-corrected chi connectivity index (χ1v) is 30.2. The summed E-state index contributed by atoms with van der Waals surface area (Å²) in [6.07, 6.45) is 9.03. The number of thioether (sulfide) groups is 1. The number of carbonyl (C=O) groups is 10. The summed E-state index contributed by atoms with van der Waals surface area (Å²) < 4.78 is 13.8. The number of aliphatic imine (C=N–C) groups is 1. The van der Waals surface area contributed by atoms with Crippen molar-refractivity contribution in [2.75, 3.05) is 70.5 Å². The lowest BCUT2D eigenvalue weighted by Crippen LogP contribution is -2.46. The van der Waals surface area contributed by atoms with Crippen molar-refractivity contribution in [3.63, 3.8) is 0 Å². The number of fused-ring (bicyclic) bond motifs is 1. The fraction of sp³-hybridized carbons (Fsp3) is 0.500. The molecule has 10 N–H and O–H groups in total. The highest BCUT2D eigenvalue weighted by molar-refractivity contribution is 8.14. The van der Waals surface area contributed by atoms with Crippen molar-refractivity contribution in [3.05, 3.63) is 95.7 Å². The Morgan fingerprint density at radius 1 is 0.604 bits per heavy atom. The second-order valence-corrected chi connectivity index (χ2v) is 22.1. The summed E-state index contributed by atoms with van der Waals surface area (Å²) in [5, 5.41) is 83.1. The summed E-state index contributed by atoms with van der Waals surface area (Å²) in [5.74, 6) is -8.70. The van der Waals surface area contributed by atoms with Gasteiger partial charge in [-0.25, -0.2) is 9.59 Å². The van der Waals surface area contributed by atoms with E-state index in [4.69, 9.17) is 34.9 Å². The van der Waals surface area contributed by atoms with Crippen LogP contribution in [0.2, 0.25) is 0 Å². The summed E-state index contributed by atoms with van der Waals surface area (Å²) in [5.41, 5.74) is 4.09. The molecule has 91 heavy (non-hydrogen) atoms. The predicted molar refractivity (Wildman–Crippen MR) is 325 cm³/mol. The number of ether oxygens (including phenoxy) is 2. The number of hydrogen-bond donors (Lipinski definition) is 10. The summed E-state index contributed by atoms with van der Waals surface area (Å²) in [7, 11) is 0. The number of hydrogen-bond acceptors (Lipinski definition) is 21. The molecule has 2 aromatic heterocycles. The average Bonchev–Trinajstić information content (AvgIpc) is 1.58. The van der Waals surface area contributed by atoms with Crippen molar-refractivity contribution in [2.24, 2.45) is 4.99 Å². The van der Waals surface area contributed by atoms with Crippen molar-refractivity contribution in [2.45, 2.75) is 127 Å². The van der Waals surface area contributed by atoms with E-state index in [2.05, 4.69) is 58.9 Å². The van der Waals surface area contributed by atoms with Crippen LogP contribution in [0.1, 0.15) is 99.1 Å². The van der Waals surface area contributed by atoms with E-state index >= 15 is 0 Å². The number of amides is 4. The van der Waals surface area contributed by atoms with Crippen LogP contribution in [-0.4, -0.2) is 213 Å². The topological polar surface area (TPSA) is 442 Å². The van der Waals surface area contributed by atoms with E-state index in [0.717, 1.165) is 36.6 Å². The lowest BCUT2D eigenvalue weighted by molar-refractivity contribution is -0.152. The number of unbranched alkanes of at least 4 members (excludes halogenated alkanes) is 2. The third-order valence-electron chi connectivity index (χ3n) is 13.9. The minimum Gasteiger partial charge on any atom is -0.480 e. The van der Waals surface area contributed by atoms with Crippen LogP contribution in [-0.2, 0) is 74.0 Å². The molecule has 0 saturated heterocycles. The summed E-state index contributed by atoms with van der Waals surface area (Å²) in [6, 6.07) is 13.5. The zero-order chi connectivity index (χ0) is 66.1. The normalized spacial score (nSPS) is 13.4. The number of carbonyl (C=O) groups excluding carboxylic acids is 4. The van der Waals surface area contributed by atoms with Crippen molar-refractivity contribution < 1.29 is 88.1 Å². The molecule has 1 aliphatic heterocycles. The number of rotatable bonds is 43. The maximum absolute atomic E-state index is 12.6. The van der Waals surface area contributed by atoms with Crippen LogP contribution >= 0.6 is 11.8 Å². The minimum absolute atomic E-state index is 0.00754. The van der Waals surface area contributed by atoms with Gasteiger partial charge in [-0.15, -0.1) is 10.2 Å². The monoisotopic (exact) mass is 1290 g/mol. The molecule has 33 heteroatoms. The maximum Gasteiger partial charge on any atom is 0.407 e. The summed E-state index contributed by atoms with van der Waals surface area (Å²) in [6.45, 7) is 1.12. The molecule has 3 heterocycles. The van der Waals surface area contributed by atoms with Gasteiger partial charge in [0.1, 0.15) is 23.5 Å². The number of nitrogens with one attached hydrogen (secondary N) is 4. The molecule has 32 nitrogen and oxygen atoms in total. The molecule has 2 aromatic carbocycles. The number of aromatic nitrogens is 6. The number of aryl methyl sites for hydroxylation is 3. The van der Waals surface area contributed by atoms with Gasteiger partial charge in [0.2, 0.25) is 11.8 Å². The van der Waals surface area contributed by atoms with Crippen LogP contribution in [0.25, 0.3) is 0 Å². The van der Waals surface area contributed by atoms with Crippen LogP contribution < -0.4 is 26.2 Å². The molecule has 0 fully saturated rings. The van der Waals surface area contributed by atoms with E-state index in [1.54, 1.807) is 24.2 Å². The molecule has 4 amide bonds. The Bertz CT molecular complexity index is 3130. The Hall–Kier alpha value is -9.50. The van der Waals surface area contributed by atoms with Gasteiger partial charge in [0.25, 0.3) is 0 Å². The Morgan fingerprint density at radius 3 is 1.58 bits per heavy atom. The van der Waals surface area contributed by atoms with E-state index in [9.17, 15) is 58.2 Å². The first-order valence-electron chi connectivity index (χ1n) is 29.4. The first kappa shape index (κ1) is 72.2. The Morgan fingerprint density at radius 2 is 1.09 bits per heavy atom. The Kier molecular flexibility index (Phi) is 30.8. The molecule has 3 atom stereocenters. The maximum atomic E-state index is 12.6. The molecule has 1 aliphatic rings. The van der Waals surface area contributed by atoms with Crippen LogP contribution in [0, 0.1) is 6.92 Å². The van der Waals surface area contributed by atoms with Gasteiger partial charge in [-0.05, 0) is 75.1 Å². The number of anilines is 1. The number of nitrogens with zero attached hydrogens (tertiary/aromatic N) is 10. The van der Waals surface area contributed by atoms with Gasteiger partial charge in [-0.2, -0.15) is 0 Å². The van der Waals surface area contributed by atoms with Gasteiger partial charge in [0.15, 0.2) is 0 Å². The zero-order valence-electron chi connectivity index (χ0n) is 50.3. The number of carboxylic acids is 6. The fourth-order valence-corrected chi connectivity index (χ4v) is 10.5. The first-order chi connectivity index (χ1) is 43.6. The highest BCUT2D eigenvalue weighted by Crippen LogP contribution is 2.38. The highest BCUT2D eigenvalue weighted by atomic mass is 32.2. The van der Waals surface area contributed by atoms with Crippen molar-refractivity contribution >= 4 is 82.3 Å². The standard InChI is InChI=1S/C58H78N14O18S/c1-39-12-2-5-17-47(39)91-50(61-23-10-28-89-57(87)62-31-41-33-71(66-64-41)26-19-48(73)59-21-8-6-15-45(55(83)84)69(35-51(75)76)36-52(77)78)30-40-18-25-68(44-14-4-3-13-43(40)44)24-11-29-90-58(88)63-32-42-34-72(67-65-42)27-20-49(74)60-22-9-7-16-46(56(85)86)70(37-53(79)80)38-54(81)82/h2-5,12-14,17-18,25,33-34,40,45-46H,6-11,15-16,19-24,26-32,35-38H2,1H3,(H,59,73)(H,60,74)(H,62,87)(H,63,88)(H,75,76)(H,77,78)(H,79,80)(H,81,82)(H,83,84)(H,85,86). The van der Waals surface area contributed by atoms with E-state index in [-0.39, 0.29) is 95.9 Å². The predicted octanol–water partition coefficient (Wildman–Crippen LogP) is 3.01. The molecule has 3 unspecified atom stereocenters. The number of para-hydroxylation sites is 1. The molecule has 0 saturated carbocycles. The molecule has 0 radical (unpaired) electrons. The fourth-order valence-electron chi connectivity index (χ4n) is 9.43. The quantitative estimate of drug-likeness (QED) is 0.0132. The van der Waals surface area contributed by atoms with Crippen molar-refractivity contribution in [3.8, 4) is 0 Å². The van der Waals surface area contributed by atoms with Crippen LogP contribution in [0.5, 0.6) is 0 Å². The smallest absolute Gasteiger partial charge is 0.407 e. The van der Waals surface area contributed by atoms with Gasteiger partial charge in [-0.1, -0.05) is 64.7 Å². The molecular weight excluding hydrogens is 1210 g/mol. The van der Waals surface area contributed by atoms with Crippen LogP contribution in [0.4, 0.5) is 15.3 Å².